The zero-order chi connectivity index (χ0) is 31.0. The summed E-state index contributed by atoms with van der Waals surface area (Å²) >= 11 is 0. The van der Waals surface area contributed by atoms with Crippen molar-refractivity contribution in [2.75, 3.05) is 17.1 Å². The Morgan fingerprint density at radius 2 is 1.60 bits per heavy atom. The molecule has 1 amide bonds. The number of aliphatic hydroxyl groups is 1. The summed E-state index contributed by atoms with van der Waals surface area (Å²) < 4.78 is 65.9. The highest BCUT2D eigenvalue weighted by Crippen LogP contribution is 2.31. The maximum atomic E-state index is 13.7. The molecule has 4 rings (SSSR count). The molecule has 12 heteroatoms. The number of carbonyl (C=O) groups excluding carboxylic acids is 1. The zero-order valence-electron chi connectivity index (χ0n) is 23.2. The van der Waals surface area contributed by atoms with Crippen molar-refractivity contribution >= 4 is 27.4 Å². The van der Waals surface area contributed by atoms with Crippen LogP contribution in [-0.2, 0) is 29.2 Å². The number of benzene rings is 3. The van der Waals surface area contributed by atoms with Gasteiger partial charge < -0.3 is 15.7 Å². The van der Waals surface area contributed by atoms with Gasteiger partial charge in [0.05, 0.1) is 35.2 Å². The van der Waals surface area contributed by atoms with E-state index in [2.05, 4.69) is 15.6 Å². The Labute approximate surface area is 248 Å². The first-order chi connectivity index (χ1) is 20.4. The van der Waals surface area contributed by atoms with Crippen LogP contribution in [0, 0.1) is 0 Å². The molecular weight excluding hydrogens is 581 g/mol. The fourth-order valence-electron chi connectivity index (χ4n) is 4.55. The number of rotatable bonds is 12. The molecule has 3 N–H and O–H groups in total. The number of amides is 1. The molecule has 3 aromatic carbocycles. The Morgan fingerprint density at radius 1 is 0.930 bits per heavy atom. The number of para-hydroxylation sites is 1. The lowest BCUT2D eigenvalue weighted by atomic mass is 10.00. The average Bonchev–Trinajstić information content (AvgIpc) is 2.97. The van der Waals surface area contributed by atoms with Crippen LogP contribution >= 0.6 is 0 Å². The Balaban J connectivity index is 1.56. The number of hydrogen-bond donors (Lipinski definition) is 3. The van der Waals surface area contributed by atoms with Gasteiger partial charge in [-0.15, -0.1) is 0 Å². The highest BCUT2D eigenvalue weighted by molar-refractivity contribution is 7.92. The highest BCUT2D eigenvalue weighted by atomic mass is 32.2. The van der Waals surface area contributed by atoms with E-state index in [-0.39, 0.29) is 36.6 Å². The first kappa shape index (κ1) is 31.7. The fourth-order valence-corrected chi connectivity index (χ4v) is 5.51. The van der Waals surface area contributed by atoms with E-state index in [4.69, 9.17) is 0 Å². The van der Waals surface area contributed by atoms with E-state index in [1.165, 1.54) is 30.5 Å². The van der Waals surface area contributed by atoms with Gasteiger partial charge in [-0.3, -0.25) is 4.79 Å². The fraction of sp³-hybridized carbons (Fsp3) is 0.226. The van der Waals surface area contributed by atoms with E-state index in [0.29, 0.717) is 5.56 Å². The molecule has 0 spiro atoms. The summed E-state index contributed by atoms with van der Waals surface area (Å²) in [5.41, 5.74) is 0.561. The van der Waals surface area contributed by atoms with Crippen molar-refractivity contribution in [2.45, 2.75) is 31.3 Å². The molecule has 8 nitrogen and oxygen atoms in total. The highest BCUT2D eigenvalue weighted by Gasteiger charge is 2.31. The first-order valence-corrected chi connectivity index (χ1v) is 15.2. The molecule has 0 aliphatic heterocycles. The number of anilines is 2. The molecule has 0 aliphatic rings. The molecule has 0 saturated heterocycles. The standard InChI is InChI=1S/C31H31F3N4O4S/c1-43(41,42)38(29-16-7-8-17-36-29)27-15-6-5-14-25(27)30(40)37-26(19-22-10-3-2-4-11-22)28(39)21-35-20-23-12-9-13-24(18-23)31(32,33)34/h2-18,26,28,35,39H,19-21H2,1H3,(H,37,40)/t26-,28+/m0/s1. The summed E-state index contributed by atoms with van der Waals surface area (Å²) in [6.45, 7) is 0.0162. The summed E-state index contributed by atoms with van der Waals surface area (Å²) in [4.78, 5) is 17.8. The van der Waals surface area contributed by atoms with Crippen molar-refractivity contribution in [3.8, 4) is 0 Å². The molecule has 0 unspecified atom stereocenters. The van der Waals surface area contributed by atoms with Gasteiger partial charge in [-0.1, -0.05) is 66.7 Å². The number of halogens is 3. The third kappa shape index (κ3) is 8.63. The number of hydrogen-bond acceptors (Lipinski definition) is 6. The third-order valence-corrected chi connectivity index (χ3v) is 7.62. The Kier molecular flexibility index (Phi) is 10.2. The minimum absolute atomic E-state index is 0.0424. The number of sulfonamides is 1. The second-order valence-corrected chi connectivity index (χ2v) is 11.7. The van der Waals surface area contributed by atoms with Crippen molar-refractivity contribution in [3.63, 3.8) is 0 Å². The zero-order valence-corrected chi connectivity index (χ0v) is 24.0. The number of aromatic nitrogens is 1. The lowest BCUT2D eigenvalue weighted by Crippen LogP contribution is -2.49. The Bertz CT molecular complexity index is 1620. The van der Waals surface area contributed by atoms with E-state index < -0.39 is 39.8 Å². The van der Waals surface area contributed by atoms with Crippen LogP contribution in [0.25, 0.3) is 0 Å². The van der Waals surface area contributed by atoms with Crippen molar-refractivity contribution in [1.82, 2.24) is 15.6 Å². The van der Waals surface area contributed by atoms with Crippen molar-refractivity contribution in [1.29, 1.82) is 0 Å². The maximum absolute atomic E-state index is 13.7. The summed E-state index contributed by atoms with van der Waals surface area (Å²) in [7, 11) is -3.91. The van der Waals surface area contributed by atoms with E-state index in [1.54, 1.807) is 30.3 Å². The number of aliphatic hydroxyl groups excluding tert-OH is 1. The number of pyridine rings is 1. The topological polar surface area (TPSA) is 112 Å². The van der Waals surface area contributed by atoms with Crippen LogP contribution in [0.3, 0.4) is 0 Å². The van der Waals surface area contributed by atoms with Gasteiger partial charge in [0.1, 0.15) is 5.82 Å². The van der Waals surface area contributed by atoms with Gasteiger partial charge in [0, 0.05) is 19.3 Å². The van der Waals surface area contributed by atoms with Gasteiger partial charge in [0.2, 0.25) is 10.0 Å². The van der Waals surface area contributed by atoms with E-state index in [9.17, 15) is 31.5 Å². The van der Waals surface area contributed by atoms with Gasteiger partial charge >= 0.3 is 6.18 Å². The number of alkyl halides is 3. The maximum Gasteiger partial charge on any atom is 0.416 e. The van der Waals surface area contributed by atoms with Crippen LogP contribution in [0.4, 0.5) is 24.7 Å². The first-order valence-electron chi connectivity index (χ1n) is 13.3. The van der Waals surface area contributed by atoms with Crippen LogP contribution in [0.5, 0.6) is 0 Å². The predicted octanol–water partition coefficient (Wildman–Crippen LogP) is 4.69. The van der Waals surface area contributed by atoms with E-state index in [1.807, 2.05) is 30.3 Å². The van der Waals surface area contributed by atoms with Gasteiger partial charge in [0.15, 0.2) is 0 Å². The number of nitrogens with zero attached hydrogens (tertiary/aromatic N) is 2. The van der Waals surface area contributed by atoms with Gasteiger partial charge in [-0.2, -0.15) is 13.2 Å². The normalized spacial score (nSPS) is 13.2. The van der Waals surface area contributed by atoms with Crippen LogP contribution in [0.15, 0.2) is 103 Å². The average molecular weight is 613 g/mol. The van der Waals surface area contributed by atoms with Crippen LogP contribution < -0.4 is 14.9 Å². The minimum atomic E-state index is -4.47. The second-order valence-electron chi connectivity index (χ2n) is 9.90. The number of carbonyl (C=O) groups is 1. The molecule has 2 atom stereocenters. The lowest BCUT2D eigenvalue weighted by molar-refractivity contribution is -0.137. The van der Waals surface area contributed by atoms with Crippen LogP contribution in [0.2, 0.25) is 0 Å². The van der Waals surface area contributed by atoms with Crippen molar-refractivity contribution in [3.05, 3.63) is 126 Å². The molecule has 1 heterocycles. The lowest BCUT2D eigenvalue weighted by Gasteiger charge is -2.27. The van der Waals surface area contributed by atoms with Crippen molar-refractivity contribution in [2.24, 2.45) is 0 Å². The largest absolute Gasteiger partial charge is 0.416 e. The summed E-state index contributed by atoms with van der Waals surface area (Å²) in [6, 6.07) is 24.1. The third-order valence-electron chi connectivity index (χ3n) is 6.57. The molecule has 0 radical (unpaired) electrons. The predicted molar refractivity (Wildman–Crippen MR) is 158 cm³/mol. The molecule has 0 bridgehead atoms. The smallest absolute Gasteiger partial charge is 0.390 e. The molecule has 0 saturated carbocycles. The molecule has 1 aromatic heterocycles. The SMILES string of the molecule is CS(=O)(=O)N(c1ccccn1)c1ccccc1C(=O)N[C@@H](Cc1ccccc1)[C@H](O)CNCc1cccc(C(F)(F)F)c1. The van der Waals surface area contributed by atoms with E-state index >= 15 is 0 Å². The Morgan fingerprint density at radius 3 is 2.28 bits per heavy atom. The molecule has 43 heavy (non-hydrogen) atoms. The molecule has 0 aliphatic carbocycles. The van der Waals surface area contributed by atoms with Gasteiger partial charge in [-0.25, -0.2) is 17.7 Å². The summed E-state index contributed by atoms with van der Waals surface area (Å²) in [5, 5.41) is 16.9. The van der Waals surface area contributed by atoms with Gasteiger partial charge in [-0.05, 0) is 47.9 Å². The molecular formula is C31H31F3N4O4S. The van der Waals surface area contributed by atoms with Crippen LogP contribution in [-0.4, -0.2) is 49.4 Å². The molecule has 226 valence electrons. The number of nitrogens with one attached hydrogen (secondary N) is 2. The molecule has 0 fully saturated rings. The summed E-state index contributed by atoms with van der Waals surface area (Å²) in [6.07, 6.45) is -2.94. The second kappa shape index (κ2) is 13.8. The molecule has 4 aromatic rings. The summed E-state index contributed by atoms with van der Waals surface area (Å²) in [5.74, 6) is -0.525. The van der Waals surface area contributed by atoms with Crippen molar-refractivity contribution < 1.29 is 31.5 Å². The van der Waals surface area contributed by atoms with E-state index in [0.717, 1.165) is 28.3 Å². The van der Waals surface area contributed by atoms with Crippen LogP contribution in [0.1, 0.15) is 27.0 Å². The quantitative estimate of drug-likeness (QED) is 0.214. The minimum Gasteiger partial charge on any atom is -0.390 e. The Hall–Kier alpha value is -4.26. The monoisotopic (exact) mass is 612 g/mol. The van der Waals surface area contributed by atoms with Gasteiger partial charge in [0.25, 0.3) is 5.91 Å².